The van der Waals surface area contributed by atoms with Gasteiger partial charge in [0.15, 0.2) is 17.3 Å². The zero-order valence-corrected chi connectivity index (χ0v) is 36.1. The molecule has 2 aliphatic rings. The Kier molecular flexibility index (Phi) is 13.6. The van der Waals surface area contributed by atoms with E-state index in [1.54, 1.807) is 107 Å². The maximum Gasteiger partial charge on any atom is 0.416 e. The Balaban J connectivity index is 1.15. The minimum Gasteiger partial charge on any atom is -0.395 e. The lowest BCUT2D eigenvalue weighted by molar-refractivity contribution is -0.139. The summed E-state index contributed by atoms with van der Waals surface area (Å²) in [4.78, 5) is 45.6. The number of carbonyl (C=O) groups is 3. The standard InChI is InChI=1S/C55H42F6N2O5/c56-54(57,58)47-17-9-7-15-41(47)49-43(31-62(27-29-64)33-45(49)52(67)37-11-3-1-4-12-37)35-19-23-39(24-20-35)51(66)40-25-21-36(22-26-40)44-32-63(28-30-65)34-46(53(68)38-13-5-2-6-14-38)50(44)42-16-8-10-18-48(42)55(59,60)61/h1-26,31-34,49-50,64-65H,27-30H2. The molecule has 0 saturated heterocycles. The predicted octanol–water partition coefficient (Wildman–Crippen LogP) is 11.4. The van der Waals surface area contributed by atoms with Gasteiger partial charge in [-0.3, -0.25) is 14.4 Å². The first-order chi connectivity index (χ1) is 32.7. The van der Waals surface area contributed by atoms with Gasteiger partial charge in [-0.05, 0) is 45.5 Å². The highest BCUT2D eigenvalue weighted by atomic mass is 19.4. The number of hydrogen-bond donors (Lipinski definition) is 2. The number of rotatable bonds is 14. The fourth-order valence-corrected chi connectivity index (χ4v) is 8.76. The van der Waals surface area contributed by atoms with Crippen molar-refractivity contribution in [1.82, 2.24) is 9.80 Å². The quantitative estimate of drug-likeness (QED) is 0.0829. The predicted molar refractivity (Wildman–Crippen MR) is 246 cm³/mol. The molecular weight excluding hydrogens is 883 g/mol. The minimum absolute atomic E-state index is 0.0299. The summed E-state index contributed by atoms with van der Waals surface area (Å²) >= 11 is 0. The van der Waals surface area contributed by atoms with Crippen LogP contribution in [-0.2, 0) is 12.4 Å². The molecule has 2 atom stereocenters. The Bertz CT molecular complexity index is 2760. The highest BCUT2D eigenvalue weighted by Gasteiger charge is 2.41. The van der Waals surface area contributed by atoms with Crippen molar-refractivity contribution in [1.29, 1.82) is 0 Å². The first-order valence-corrected chi connectivity index (χ1v) is 21.5. The highest BCUT2D eigenvalue weighted by molar-refractivity contribution is 6.13. The van der Waals surface area contributed by atoms with Crippen molar-refractivity contribution in [3.05, 3.63) is 249 Å². The van der Waals surface area contributed by atoms with Crippen molar-refractivity contribution in [2.75, 3.05) is 26.3 Å². The molecule has 8 rings (SSSR count). The average Bonchev–Trinajstić information content (AvgIpc) is 3.35. The van der Waals surface area contributed by atoms with Crippen LogP contribution in [0.2, 0.25) is 0 Å². The fraction of sp³-hybridized carbons (Fsp3) is 0.145. The van der Waals surface area contributed by atoms with E-state index in [9.17, 15) is 50.9 Å². The highest BCUT2D eigenvalue weighted by Crippen LogP contribution is 2.48. The summed E-state index contributed by atoms with van der Waals surface area (Å²) in [5.74, 6) is -3.88. The lowest BCUT2D eigenvalue weighted by Crippen LogP contribution is -2.27. The van der Waals surface area contributed by atoms with E-state index in [1.165, 1.54) is 73.1 Å². The topological polar surface area (TPSA) is 98.2 Å². The number of aliphatic hydroxyl groups is 2. The molecule has 7 nitrogen and oxygen atoms in total. The summed E-state index contributed by atoms with van der Waals surface area (Å²) in [6.45, 7) is -0.594. The van der Waals surface area contributed by atoms with Gasteiger partial charge in [0.25, 0.3) is 0 Å². The van der Waals surface area contributed by atoms with E-state index in [1.807, 2.05) is 0 Å². The molecule has 13 heteroatoms. The Morgan fingerprint density at radius 3 is 1.07 bits per heavy atom. The summed E-state index contributed by atoms with van der Waals surface area (Å²) in [6.07, 6.45) is -3.45. The number of Topliss-reactive ketones (excluding diaryl/α,β-unsaturated/α-hetero) is 2. The van der Waals surface area contributed by atoms with Gasteiger partial charge in [-0.1, -0.05) is 146 Å². The van der Waals surface area contributed by atoms with Gasteiger partial charge >= 0.3 is 12.4 Å². The van der Waals surface area contributed by atoms with E-state index in [4.69, 9.17) is 0 Å². The summed E-state index contributed by atoms with van der Waals surface area (Å²) in [6, 6.07) is 38.7. The number of alkyl halides is 6. The molecule has 0 fully saturated rings. The van der Waals surface area contributed by atoms with Crippen molar-refractivity contribution in [3.63, 3.8) is 0 Å². The second-order valence-corrected chi connectivity index (χ2v) is 16.2. The molecule has 344 valence electrons. The molecule has 0 aliphatic carbocycles. The number of aliphatic hydroxyl groups excluding tert-OH is 2. The maximum atomic E-state index is 14.7. The van der Waals surface area contributed by atoms with Crippen LogP contribution in [-0.4, -0.2) is 63.7 Å². The Labute approximate surface area is 387 Å². The van der Waals surface area contributed by atoms with Gasteiger partial charge in [-0.25, -0.2) is 0 Å². The number of hydrogen-bond acceptors (Lipinski definition) is 7. The molecule has 6 aromatic carbocycles. The number of benzene rings is 6. The maximum absolute atomic E-state index is 14.7. The molecule has 0 spiro atoms. The van der Waals surface area contributed by atoms with Crippen molar-refractivity contribution in [3.8, 4) is 0 Å². The lowest BCUT2D eigenvalue weighted by atomic mass is 9.76. The number of carbonyl (C=O) groups excluding carboxylic acids is 3. The normalized spacial score (nSPS) is 16.4. The summed E-state index contributed by atoms with van der Waals surface area (Å²) in [7, 11) is 0. The summed E-state index contributed by atoms with van der Waals surface area (Å²) < 4.78 is 87.9. The van der Waals surface area contributed by atoms with Gasteiger partial charge < -0.3 is 20.0 Å². The molecule has 2 unspecified atom stereocenters. The van der Waals surface area contributed by atoms with Crippen molar-refractivity contribution in [2.45, 2.75) is 24.2 Å². The van der Waals surface area contributed by atoms with Crippen molar-refractivity contribution < 1.29 is 50.9 Å². The monoisotopic (exact) mass is 924 g/mol. The third kappa shape index (κ3) is 9.76. The molecule has 68 heavy (non-hydrogen) atoms. The molecule has 0 aromatic heterocycles. The molecule has 2 aliphatic heterocycles. The summed E-state index contributed by atoms with van der Waals surface area (Å²) in [5, 5.41) is 19.8. The zero-order valence-electron chi connectivity index (χ0n) is 36.1. The SMILES string of the molecule is O=C(C1=CN(CCO)C=C(c2ccc(C(=O)c3ccc(C4=CN(CCO)C=C(C(=O)c5ccccc5)C4c4ccccc4C(F)(F)F)cc3)cc2)C1c1ccccc1C(F)(F)F)c1ccccc1. The van der Waals surface area contributed by atoms with Gasteiger partial charge in [-0.15, -0.1) is 0 Å². The number of allylic oxidation sites excluding steroid dienone is 4. The number of β-amino-alcohol motifs (C(OH)–C–C–N with tert-alkyl or cyclic N) is 2. The molecule has 2 N–H and O–H groups in total. The van der Waals surface area contributed by atoms with Crippen LogP contribution < -0.4 is 0 Å². The van der Waals surface area contributed by atoms with Crippen LogP contribution in [0.3, 0.4) is 0 Å². The Morgan fingerprint density at radius 1 is 0.412 bits per heavy atom. The molecule has 2 heterocycles. The third-order valence-electron chi connectivity index (χ3n) is 11.9. The van der Waals surface area contributed by atoms with Gasteiger partial charge in [0, 0.05) is 83.1 Å². The van der Waals surface area contributed by atoms with E-state index in [0.29, 0.717) is 22.3 Å². The minimum atomic E-state index is -4.77. The van der Waals surface area contributed by atoms with E-state index in [0.717, 1.165) is 12.1 Å². The smallest absolute Gasteiger partial charge is 0.395 e. The lowest BCUT2D eigenvalue weighted by Gasteiger charge is -2.33. The van der Waals surface area contributed by atoms with Crippen LogP contribution in [0.25, 0.3) is 11.1 Å². The van der Waals surface area contributed by atoms with E-state index < -0.39 is 52.7 Å². The fourth-order valence-electron chi connectivity index (χ4n) is 8.76. The van der Waals surface area contributed by atoms with E-state index in [2.05, 4.69) is 0 Å². The third-order valence-corrected chi connectivity index (χ3v) is 11.9. The van der Waals surface area contributed by atoms with Gasteiger partial charge in [0.1, 0.15) is 0 Å². The summed E-state index contributed by atoms with van der Waals surface area (Å²) in [5.41, 5.74) is 0.287. The van der Waals surface area contributed by atoms with Gasteiger partial charge in [-0.2, -0.15) is 26.3 Å². The van der Waals surface area contributed by atoms with Crippen LogP contribution >= 0.6 is 0 Å². The van der Waals surface area contributed by atoms with Crippen LogP contribution in [0.1, 0.15) is 81.9 Å². The first kappa shape index (κ1) is 46.9. The molecule has 6 aromatic rings. The van der Waals surface area contributed by atoms with Crippen LogP contribution in [0.5, 0.6) is 0 Å². The zero-order chi connectivity index (χ0) is 48.2. The number of ketones is 3. The average molecular weight is 925 g/mol. The van der Waals surface area contributed by atoms with E-state index >= 15 is 0 Å². The molecular formula is C55H42F6N2O5. The van der Waals surface area contributed by atoms with Crippen molar-refractivity contribution >= 4 is 28.5 Å². The number of halogens is 6. The Hall–Kier alpha value is -7.61. The van der Waals surface area contributed by atoms with Gasteiger partial charge in [0.2, 0.25) is 0 Å². The molecule has 0 saturated carbocycles. The second kappa shape index (κ2) is 19.7. The largest absolute Gasteiger partial charge is 0.416 e. The molecule has 0 bridgehead atoms. The van der Waals surface area contributed by atoms with Crippen LogP contribution in [0, 0.1) is 0 Å². The first-order valence-electron chi connectivity index (χ1n) is 21.5. The van der Waals surface area contributed by atoms with Gasteiger partial charge in [0.05, 0.1) is 24.3 Å². The second-order valence-electron chi connectivity index (χ2n) is 16.2. The van der Waals surface area contributed by atoms with Crippen LogP contribution in [0.15, 0.2) is 194 Å². The van der Waals surface area contributed by atoms with Crippen molar-refractivity contribution in [2.24, 2.45) is 0 Å². The molecule has 0 amide bonds. The Morgan fingerprint density at radius 2 is 0.735 bits per heavy atom. The number of nitrogens with zero attached hydrogens (tertiary/aromatic N) is 2. The van der Waals surface area contributed by atoms with E-state index in [-0.39, 0.29) is 70.8 Å². The molecule has 0 radical (unpaired) electrons. The van der Waals surface area contributed by atoms with Crippen LogP contribution in [0.4, 0.5) is 26.3 Å².